The summed E-state index contributed by atoms with van der Waals surface area (Å²) >= 11 is 0. The number of hydrogen-bond donors (Lipinski definition) is 0. The molecule has 3 heteroatoms. The maximum Gasteiger partial charge on any atom is 0.101 e. The van der Waals surface area contributed by atoms with Crippen molar-refractivity contribution < 1.29 is 0 Å². The van der Waals surface area contributed by atoms with Crippen LogP contribution in [0.1, 0.15) is 30.9 Å². The van der Waals surface area contributed by atoms with E-state index in [0.717, 1.165) is 12.2 Å². The molecule has 0 N–H and O–H groups in total. The van der Waals surface area contributed by atoms with Gasteiger partial charge in [0.25, 0.3) is 0 Å². The molecule has 3 nitrogen and oxygen atoms in total. The maximum atomic E-state index is 8.96. The third-order valence-corrected chi connectivity index (χ3v) is 3.13. The highest BCUT2D eigenvalue weighted by Crippen LogP contribution is 2.26. The van der Waals surface area contributed by atoms with Crippen LogP contribution in [0, 0.1) is 22.7 Å². The molecular formula is C13H13N3. The highest BCUT2D eigenvalue weighted by Gasteiger charge is 2.21. The lowest BCUT2D eigenvalue weighted by Crippen LogP contribution is -2.26. The van der Waals surface area contributed by atoms with Gasteiger partial charge in [0.15, 0.2) is 0 Å². The maximum absolute atomic E-state index is 8.96. The Bertz CT molecular complexity index is 479. The first-order valence-electron chi connectivity index (χ1n) is 5.47. The van der Waals surface area contributed by atoms with E-state index >= 15 is 0 Å². The van der Waals surface area contributed by atoms with Crippen LogP contribution in [0.25, 0.3) is 0 Å². The van der Waals surface area contributed by atoms with Crippen molar-refractivity contribution in [3.05, 3.63) is 29.3 Å². The summed E-state index contributed by atoms with van der Waals surface area (Å²) < 4.78 is 0. The molecule has 1 fully saturated rings. The predicted molar refractivity (Wildman–Crippen MR) is 61.9 cm³/mol. The first kappa shape index (κ1) is 10.5. The molecule has 1 heterocycles. The largest absolute Gasteiger partial charge is 0.369 e. The molecule has 2 rings (SSSR count). The van der Waals surface area contributed by atoms with E-state index in [1.807, 2.05) is 18.2 Å². The van der Waals surface area contributed by atoms with Gasteiger partial charge < -0.3 is 4.90 Å². The van der Waals surface area contributed by atoms with E-state index in [0.29, 0.717) is 17.2 Å². The van der Waals surface area contributed by atoms with Crippen molar-refractivity contribution in [3.8, 4) is 12.1 Å². The fourth-order valence-electron chi connectivity index (χ4n) is 2.22. The summed E-state index contributed by atoms with van der Waals surface area (Å²) in [7, 11) is 0. The number of rotatable bonds is 1. The lowest BCUT2D eigenvalue weighted by molar-refractivity contribution is 0.735. The molecule has 0 spiro atoms. The van der Waals surface area contributed by atoms with Crippen LogP contribution in [0.2, 0.25) is 0 Å². The highest BCUT2D eigenvalue weighted by molar-refractivity contribution is 5.58. The van der Waals surface area contributed by atoms with Crippen molar-refractivity contribution in [1.82, 2.24) is 0 Å². The summed E-state index contributed by atoms with van der Waals surface area (Å²) in [6.45, 7) is 3.23. The minimum absolute atomic E-state index is 0.457. The van der Waals surface area contributed by atoms with E-state index in [4.69, 9.17) is 10.5 Å². The summed E-state index contributed by atoms with van der Waals surface area (Å²) in [5.41, 5.74) is 1.98. The van der Waals surface area contributed by atoms with Gasteiger partial charge in [-0.2, -0.15) is 10.5 Å². The summed E-state index contributed by atoms with van der Waals surface area (Å²) in [6.07, 6.45) is 2.39. The molecule has 0 bridgehead atoms. The van der Waals surface area contributed by atoms with Gasteiger partial charge in [-0.3, -0.25) is 0 Å². The average molecular weight is 211 g/mol. The van der Waals surface area contributed by atoms with Gasteiger partial charge in [-0.05, 0) is 38.0 Å². The normalized spacial score (nSPS) is 19.2. The van der Waals surface area contributed by atoms with Crippen molar-refractivity contribution in [1.29, 1.82) is 10.5 Å². The highest BCUT2D eigenvalue weighted by atomic mass is 15.2. The lowest BCUT2D eigenvalue weighted by Gasteiger charge is -2.23. The summed E-state index contributed by atoms with van der Waals surface area (Å²) in [5.74, 6) is 0. The summed E-state index contributed by atoms with van der Waals surface area (Å²) in [4.78, 5) is 2.29. The van der Waals surface area contributed by atoms with Gasteiger partial charge in [0.2, 0.25) is 0 Å². The number of benzene rings is 1. The zero-order valence-corrected chi connectivity index (χ0v) is 9.27. The lowest BCUT2D eigenvalue weighted by atomic mass is 10.1. The second-order valence-corrected chi connectivity index (χ2v) is 4.14. The van der Waals surface area contributed by atoms with Crippen LogP contribution in [0.3, 0.4) is 0 Å². The van der Waals surface area contributed by atoms with Gasteiger partial charge in [0, 0.05) is 18.3 Å². The van der Waals surface area contributed by atoms with Crippen LogP contribution in [0.15, 0.2) is 18.2 Å². The standard InChI is InChI=1S/C13H13N3/c1-10-3-2-6-16(10)13-5-4-11(8-14)12(7-13)9-15/h4-5,7,10H,2-3,6H2,1H3. The smallest absolute Gasteiger partial charge is 0.101 e. The van der Waals surface area contributed by atoms with Gasteiger partial charge in [-0.15, -0.1) is 0 Å². The van der Waals surface area contributed by atoms with E-state index in [2.05, 4.69) is 17.9 Å². The molecule has 1 aliphatic rings. The Morgan fingerprint density at radius 3 is 2.56 bits per heavy atom. The molecular weight excluding hydrogens is 198 g/mol. The Balaban J connectivity index is 2.38. The molecule has 1 atom stereocenters. The fourth-order valence-corrected chi connectivity index (χ4v) is 2.22. The van der Waals surface area contributed by atoms with Crippen LogP contribution in [-0.2, 0) is 0 Å². The molecule has 16 heavy (non-hydrogen) atoms. The average Bonchev–Trinajstić information content (AvgIpc) is 2.74. The number of nitrogens with zero attached hydrogens (tertiary/aromatic N) is 3. The van der Waals surface area contributed by atoms with Crippen molar-refractivity contribution in [2.75, 3.05) is 11.4 Å². The molecule has 0 radical (unpaired) electrons. The van der Waals surface area contributed by atoms with Gasteiger partial charge >= 0.3 is 0 Å². The van der Waals surface area contributed by atoms with Crippen LogP contribution < -0.4 is 4.90 Å². The molecule has 80 valence electrons. The van der Waals surface area contributed by atoms with Crippen LogP contribution >= 0.6 is 0 Å². The van der Waals surface area contributed by atoms with Crippen LogP contribution in [0.4, 0.5) is 5.69 Å². The zero-order chi connectivity index (χ0) is 11.5. The van der Waals surface area contributed by atoms with Crippen LogP contribution in [-0.4, -0.2) is 12.6 Å². The van der Waals surface area contributed by atoms with E-state index in [-0.39, 0.29) is 0 Å². The molecule has 1 unspecified atom stereocenters. The van der Waals surface area contributed by atoms with Gasteiger partial charge in [-0.25, -0.2) is 0 Å². The molecule has 0 aromatic heterocycles. The van der Waals surface area contributed by atoms with Gasteiger partial charge in [0.05, 0.1) is 11.1 Å². The van der Waals surface area contributed by atoms with Crippen molar-refractivity contribution in [3.63, 3.8) is 0 Å². The van der Waals surface area contributed by atoms with E-state index < -0.39 is 0 Å². The quantitative estimate of drug-likeness (QED) is 0.716. The van der Waals surface area contributed by atoms with Crippen LogP contribution in [0.5, 0.6) is 0 Å². The predicted octanol–water partition coefficient (Wildman–Crippen LogP) is 2.42. The summed E-state index contributed by atoms with van der Waals surface area (Å²) in [6, 6.07) is 10.1. The number of anilines is 1. The molecule has 1 aromatic carbocycles. The van der Waals surface area contributed by atoms with E-state index in [1.54, 1.807) is 6.07 Å². The second kappa shape index (κ2) is 4.24. The van der Waals surface area contributed by atoms with Crippen molar-refractivity contribution in [2.24, 2.45) is 0 Å². The molecule has 0 saturated carbocycles. The first-order valence-corrected chi connectivity index (χ1v) is 5.47. The fraction of sp³-hybridized carbons (Fsp3) is 0.385. The topological polar surface area (TPSA) is 50.8 Å². The monoisotopic (exact) mass is 211 g/mol. The SMILES string of the molecule is CC1CCCN1c1ccc(C#N)c(C#N)c1. The molecule has 1 saturated heterocycles. The minimum Gasteiger partial charge on any atom is -0.369 e. The molecule has 0 amide bonds. The van der Waals surface area contributed by atoms with Gasteiger partial charge in [-0.1, -0.05) is 0 Å². The molecule has 1 aliphatic heterocycles. The third-order valence-electron chi connectivity index (χ3n) is 3.13. The van der Waals surface area contributed by atoms with E-state index in [9.17, 15) is 0 Å². The zero-order valence-electron chi connectivity index (χ0n) is 9.27. The Kier molecular flexibility index (Phi) is 2.79. The Labute approximate surface area is 95.5 Å². The number of nitriles is 2. The van der Waals surface area contributed by atoms with E-state index in [1.165, 1.54) is 12.8 Å². The first-order chi connectivity index (χ1) is 7.76. The second-order valence-electron chi connectivity index (χ2n) is 4.14. The van der Waals surface area contributed by atoms with Gasteiger partial charge in [0.1, 0.15) is 12.1 Å². The summed E-state index contributed by atoms with van der Waals surface area (Å²) in [5, 5.41) is 17.8. The minimum atomic E-state index is 0.457. The van der Waals surface area contributed by atoms with Crippen molar-refractivity contribution >= 4 is 5.69 Å². The Hall–Kier alpha value is -2.00. The Morgan fingerprint density at radius 1 is 1.25 bits per heavy atom. The molecule has 0 aliphatic carbocycles. The number of hydrogen-bond acceptors (Lipinski definition) is 3. The molecule has 1 aromatic rings. The Morgan fingerprint density at radius 2 is 2.00 bits per heavy atom. The third kappa shape index (κ3) is 1.73. The van der Waals surface area contributed by atoms with Crippen molar-refractivity contribution in [2.45, 2.75) is 25.8 Å².